The second-order valence-electron chi connectivity index (χ2n) is 10.6. The molecule has 39 heavy (non-hydrogen) atoms. The molecule has 5 rings (SSSR count). The van der Waals surface area contributed by atoms with Crippen LogP contribution in [0.3, 0.4) is 0 Å². The van der Waals surface area contributed by atoms with E-state index < -0.39 is 42.1 Å². The molecule has 5 atom stereocenters. The number of nitrogens with one attached hydrogen (secondary N) is 1. The third-order valence-electron chi connectivity index (χ3n) is 6.71. The zero-order valence-electron chi connectivity index (χ0n) is 22.8. The van der Waals surface area contributed by atoms with Crippen LogP contribution in [0.25, 0.3) is 11.1 Å². The summed E-state index contributed by atoms with van der Waals surface area (Å²) < 4.78 is 42.2. The second-order valence-corrected chi connectivity index (χ2v) is 10.6. The number of carbonyl (C=O) groups is 2. The van der Waals surface area contributed by atoms with Crippen molar-refractivity contribution in [1.82, 2.24) is 5.32 Å². The average molecular weight is 542 g/mol. The van der Waals surface area contributed by atoms with E-state index in [2.05, 4.69) is 5.32 Å². The lowest BCUT2D eigenvalue weighted by Gasteiger charge is -2.48. The summed E-state index contributed by atoms with van der Waals surface area (Å²) in [7, 11) is 0. The number of carbonyl (C=O) groups excluding carboxylic acids is 2. The van der Waals surface area contributed by atoms with Crippen molar-refractivity contribution in [3.63, 3.8) is 0 Å². The standard InChI is InChI=1S/C29H35NO9/c1-6-33-22(31)15-30-26(32)18-11-9-10-17(14-18)19-12-7-8-13-20(19)35-27-25-24(38-29(4,5)39-25)23-21(36-27)16-34-28(2,3)37-23/h7-14,21,23-25,27H,6,15-16H2,1-5H3,(H,30,32)/t21-,23-,24+,25+,27+/m1/s1. The van der Waals surface area contributed by atoms with Gasteiger partial charge in [-0.2, -0.15) is 0 Å². The van der Waals surface area contributed by atoms with Gasteiger partial charge in [0.25, 0.3) is 5.91 Å². The van der Waals surface area contributed by atoms with Gasteiger partial charge in [0, 0.05) is 11.1 Å². The summed E-state index contributed by atoms with van der Waals surface area (Å²) in [4.78, 5) is 24.3. The Morgan fingerprint density at radius 1 is 0.949 bits per heavy atom. The molecule has 3 aliphatic heterocycles. The van der Waals surface area contributed by atoms with Crippen molar-refractivity contribution in [2.75, 3.05) is 19.8 Å². The molecule has 3 fully saturated rings. The molecule has 10 heteroatoms. The minimum atomic E-state index is -0.842. The predicted molar refractivity (Wildman–Crippen MR) is 139 cm³/mol. The fourth-order valence-corrected chi connectivity index (χ4v) is 5.06. The first-order chi connectivity index (χ1) is 18.5. The second kappa shape index (κ2) is 10.9. The summed E-state index contributed by atoms with van der Waals surface area (Å²) in [5, 5.41) is 2.59. The number of hydrogen-bond donors (Lipinski definition) is 1. The molecule has 0 saturated carbocycles. The summed E-state index contributed by atoms with van der Waals surface area (Å²) in [6, 6.07) is 14.6. The molecule has 210 valence electrons. The lowest BCUT2D eigenvalue weighted by Crippen LogP contribution is -2.64. The van der Waals surface area contributed by atoms with E-state index in [0.717, 1.165) is 11.1 Å². The maximum atomic E-state index is 12.7. The van der Waals surface area contributed by atoms with E-state index in [1.807, 2.05) is 58.0 Å². The van der Waals surface area contributed by atoms with Crippen molar-refractivity contribution in [2.45, 2.75) is 76.9 Å². The van der Waals surface area contributed by atoms with Crippen LogP contribution in [0, 0.1) is 0 Å². The maximum Gasteiger partial charge on any atom is 0.325 e. The largest absolute Gasteiger partial charge is 0.465 e. The highest BCUT2D eigenvalue weighted by Gasteiger charge is 2.59. The zero-order valence-corrected chi connectivity index (χ0v) is 22.8. The molecule has 3 heterocycles. The van der Waals surface area contributed by atoms with Crippen LogP contribution in [0.4, 0.5) is 0 Å². The van der Waals surface area contributed by atoms with Gasteiger partial charge in [-0.15, -0.1) is 0 Å². The first kappa shape index (κ1) is 27.5. The van der Waals surface area contributed by atoms with Gasteiger partial charge in [0.2, 0.25) is 6.29 Å². The molecule has 1 N–H and O–H groups in total. The van der Waals surface area contributed by atoms with Gasteiger partial charge in [-0.25, -0.2) is 0 Å². The minimum Gasteiger partial charge on any atom is -0.465 e. The molecule has 0 aromatic heterocycles. The van der Waals surface area contributed by atoms with Gasteiger partial charge >= 0.3 is 5.97 Å². The van der Waals surface area contributed by atoms with Crippen molar-refractivity contribution in [2.24, 2.45) is 0 Å². The Hall–Kier alpha value is -3.02. The van der Waals surface area contributed by atoms with E-state index in [-0.39, 0.29) is 25.2 Å². The first-order valence-electron chi connectivity index (χ1n) is 13.2. The van der Waals surface area contributed by atoms with Crippen molar-refractivity contribution >= 4 is 11.9 Å². The van der Waals surface area contributed by atoms with E-state index in [1.54, 1.807) is 25.1 Å². The molecule has 0 unspecified atom stereocenters. The lowest BCUT2D eigenvalue weighted by molar-refractivity contribution is -0.362. The Morgan fingerprint density at radius 2 is 1.69 bits per heavy atom. The molecule has 3 saturated heterocycles. The van der Waals surface area contributed by atoms with Gasteiger partial charge in [0.15, 0.2) is 17.7 Å². The normalized spacial score (nSPS) is 28.6. The topological polar surface area (TPSA) is 111 Å². The van der Waals surface area contributed by atoms with E-state index in [0.29, 0.717) is 17.9 Å². The summed E-state index contributed by atoms with van der Waals surface area (Å²) >= 11 is 0. The molecular formula is C29H35NO9. The highest BCUT2D eigenvalue weighted by atomic mass is 16.8. The van der Waals surface area contributed by atoms with Crippen molar-refractivity contribution in [3.05, 3.63) is 54.1 Å². The Balaban J connectivity index is 1.37. The molecule has 2 aromatic carbocycles. The van der Waals surface area contributed by atoms with Gasteiger partial charge in [0.05, 0.1) is 13.2 Å². The molecular weight excluding hydrogens is 506 g/mol. The number of fused-ring (bicyclic) bond motifs is 3. The minimum absolute atomic E-state index is 0.205. The molecule has 2 aromatic rings. The molecule has 1 amide bonds. The van der Waals surface area contributed by atoms with Crippen molar-refractivity contribution in [1.29, 1.82) is 0 Å². The molecule has 0 spiro atoms. The number of rotatable bonds is 7. The monoisotopic (exact) mass is 541 g/mol. The Morgan fingerprint density at radius 3 is 2.49 bits per heavy atom. The highest BCUT2D eigenvalue weighted by molar-refractivity contribution is 5.97. The van der Waals surface area contributed by atoms with Gasteiger partial charge < -0.3 is 38.5 Å². The lowest BCUT2D eigenvalue weighted by atomic mass is 9.97. The van der Waals surface area contributed by atoms with E-state index in [1.165, 1.54) is 0 Å². The molecule has 3 aliphatic rings. The van der Waals surface area contributed by atoms with Crippen LogP contribution < -0.4 is 10.1 Å². The number of benzene rings is 2. The van der Waals surface area contributed by atoms with E-state index in [4.69, 9.17) is 33.2 Å². The number of hydrogen-bond acceptors (Lipinski definition) is 9. The van der Waals surface area contributed by atoms with Crippen LogP contribution in [0.5, 0.6) is 5.75 Å². The molecule has 0 radical (unpaired) electrons. The van der Waals surface area contributed by atoms with Gasteiger partial charge in [-0.05, 0) is 58.4 Å². The zero-order chi connectivity index (χ0) is 27.8. The van der Waals surface area contributed by atoms with Crippen molar-refractivity contribution in [3.8, 4) is 16.9 Å². The molecule has 10 nitrogen and oxygen atoms in total. The quantitative estimate of drug-likeness (QED) is 0.527. The Bertz CT molecular complexity index is 1210. The van der Waals surface area contributed by atoms with E-state index in [9.17, 15) is 9.59 Å². The van der Waals surface area contributed by atoms with Crippen LogP contribution in [-0.2, 0) is 33.2 Å². The summed E-state index contributed by atoms with van der Waals surface area (Å²) in [6.45, 7) is 9.53. The maximum absolute atomic E-state index is 12.7. The SMILES string of the molecule is CCOC(=O)CNC(=O)c1cccc(-c2ccccc2O[C@H]2O[C@@H]3COC(C)(C)O[C@H]3[C@@H]3OC(C)(C)O[C@H]23)c1. The smallest absolute Gasteiger partial charge is 0.325 e. The van der Waals surface area contributed by atoms with Crippen LogP contribution in [-0.4, -0.2) is 73.9 Å². The fraction of sp³-hybridized carbons (Fsp3) is 0.517. The third kappa shape index (κ3) is 6.10. The molecule has 0 aliphatic carbocycles. The summed E-state index contributed by atoms with van der Waals surface area (Å²) in [5.74, 6) is -1.93. The van der Waals surface area contributed by atoms with E-state index >= 15 is 0 Å². The first-order valence-corrected chi connectivity index (χ1v) is 13.2. The third-order valence-corrected chi connectivity index (χ3v) is 6.71. The average Bonchev–Trinajstić information content (AvgIpc) is 3.24. The predicted octanol–water partition coefficient (Wildman–Crippen LogP) is 3.42. The Kier molecular flexibility index (Phi) is 7.67. The van der Waals surface area contributed by atoms with Gasteiger partial charge in [-0.1, -0.05) is 30.3 Å². The van der Waals surface area contributed by atoms with Crippen LogP contribution >= 0.6 is 0 Å². The van der Waals surface area contributed by atoms with Crippen LogP contribution in [0.2, 0.25) is 0 Å². The number of para-hydroxylation sites is 1. The fourth-order valence-electron chi connectivity index (χ4n) is 5.06. The summed E-state index contributed by atoms with van der Waals surface area (Å²) in [5.41, 5.74) is 1.92. The number of esters is 1. The van der Waals surface area contributed by atoms with Gasteiger partial charge in [-0.3, -0.25) is 9.59 Å². The highest BCUT2D eigenvalue weighted by Crippen LogP contribution is 2.43. The van der Waals surface area contributed by atoms with Crippen LogP contribution in [0.1, 0.15) is 45.0 Å². The van der Waals surface area contributed by atoms with Gasteiger partial charge in [0.1, 0.15) is 30.6 Å². The number of ether oxygens (including phenoxy) is 7. The Labute approximate surface area is 227 Å². The number of amides is 1. The molecule has 0 bridgehead atoms. The summed E-state index contributed by atoms with van der Waals surface area (Å²) in [6.07, 6.45) is -2.52. The van der Waals surface area contributed by atoms with Crippen molar-refractivity contribution < 1.29 is 42.7 Å². The van der Waals surface area contributed by atoms with Crippen LogP contribution in [0.15, 0.2) is 48.5 Å².